The van der Waals surface area contributed by atoms with Gasteiger partial charge in [0.2, 0.25) is 0 Å². The lowest BCUT2D eigenvalue weighted by molar-refractivity contribution is -0.161. The van der Waals surface area contributed by atoms with Crippen molar-refractivity contribution in [3.8, 4) is 0 Å². The normalized spacial score (nSPS) is 15.2. The first kappa shape index (κ1) is 57.8. The van der Waals surface area contributed by atoms with Gasteiger partial charge in [-0.05, 0) is 50.9 Å². The minimum Gasteiger partial charge on any atom is -0.462 e. The molecule has 0 bridgehead atoms. The van der Waals surface area contributed by atoms with E-state index in [0.29, 0.717) is 6.42 Å². The van der Waals surface area contributed by atoms with E-state index in [-0.39, 0.29) is 25.7 Å². The number of carbonyl (C=O) groups excluding carboxylic acids is 2. The van der Waals surface area contributed by atoms with Gasteiger partial charge in [-0.3, -0.25) is 23.2 Å². The molecule has 0 spiro atoms. The molecule has 0 rings (SSSR count). The van der Waals surface area contributed by atoms with Crippen LogP contribution in [0.4, 0.5) is 0 Å². The molecule has 0 aliphatic heterocycles. The lowest BCUT2D eigenvalue weighted by Crippen LogP contribution is -2.30. The number of allylic oxidation sites excluding steroid dienone is 9. The summed E-state index contributed by atoms with van der Waals surface area (Å²) in [7, 11) is -9.75. The summed E-state index contributed by atoms with van der Waals surface area (Å²) >= 11 is 0. The number of rotatable bonds is 40. The number of carbonyl (C=O) groups is 2. The number of ether oxygens (including phenoxy) is 2. The van der Waals surface area contributed by atoms with E-state index in [1.165, 1.54) is 57.8 Å². The van der Waals surface area contributed by atoms with Crippen molar-refractivity contribution in [3.05, 3.63) is 60.8 Å². The fraction of sp³-hybridized carbons (Fsp3) is 0.727. The summed E-state index contributed by atoms with van der Waals surface area (Å²) in [6, 6.07) is 0. The third-order valence-electron chi connectivity index (χ3n) is 8.94. The van der Waals surface area contributed by atoms with Gasteiger partial charge in [-0.2, -0.15) is 0 Å². The Bertz CT molecular complexity index is 1320. The fourth-order valence-electron chi connectivity index (χ4n) is 5.62. The summed E-state index contributed by atoms with van der Waals surface area (Å²) in [5.41, 5.74) is 0. The third kappa shape index (κ3) is 42.5. The maximum absolute atomic E-state index is 12.7. The number of esters is 2. The molecule has 14 nitrogen and oxygen atoms in total. The molecule has 4 atom stereocenters. The van der Waals surface area contributed by atoms with Crippen LogP contribution < -0.4 is 0 Å². The van der Waals surface area contributed by atoms with Crippen molar-refractivity contribution >= 4 is 27.6 Å². The maximum atomic E-state index is 12.7. The van der Waals surface area contributed by atoms with Gasteiger partial charge in [0.05, 0.1) is 25.9 Å². The standard InChI is InChI=1S/C44H78O14P2/c1-4-5-6-7-8-9-10-11-15-18-21-24-27-31-40(45)32-29-34-44(48)58-42(38-57-60(52,53)56-36-41(46)35-55-59(49,50)51)37-54-43(47)33-28-25-22-19-16-13-12-14-17-20-23-26-30-39(2)3/h5-6,8-9,11,15,21,24,27,31,39-42,45-46H,4,7,10,12-14,16-20,22-23,25-26,28-30,32-38H2,1-3H3,(H,52,53)(H2,49,50,51)/b6-5-,9-8-,15-11-,24-21-,31-27+/t40?,41-,42+/m0/s1. The lowest BCUT2D eigenvalue weighted by atomic mass is 10.0. The van der Waals surface area contributed by atoms with Crippen LogP contribution in [0.3, 0.4) is 0 Å². The number of hydrogen-bond donors (Lipinski definition) is 5. The predicted molar refractivity (Wildman–Crippen MR) is 236 cm³/mol. The summed E-state index contributed by atoms with van der Waals surface area (Å²) < 4.78 is 47.6. The number of phosphoric acid groups is 2. The van der Waals surface area contributed by atoms with Crippen LogP contribution in [0.2, 0.25) is 0 Å². The number of hydrogen-bond acceptors (Lipinski definition) is 11. The van der Waals surface area contributed by atoms with E-state index >= 15 is 0 Å². The predicted octanol–water partition coefficient (Wildman–Crippen LogP) is 10.1. The highest BCUT2D eigenvalue weighted by Gasteiger charge is 2.28. The molecule has 0 aliphatic carbocycles. The molecule has 0 fully saturated rings. The van der Waals surface area contributed by atoms with E-state index in [1.54, 1.807) is 12.2 Å². The van der Waals surface area contributed by atoms with Gasteiger partial charge in [0.1, 0.15) is 12.7 Å². The van der Waals surface area contributed by atoms with Crippen molar-refractivity contribution in [2.45, 2.75) is 174 Å². The highest BCUT2D eigenvalue weighted by atomic mass is 31.2. The van der Waals surface area contributed by atoms with Crippen LogP contribution in [0, 0.1) is 5.92 Å². The highest BCUT2D eigenvalue weighted by molar-refractivity contribution is 7.47. The van der Waals surface area contributed by atoms with Gasteiger partial charge in [-0.25, -0.2) is 9.13 Å². The molecule has 0 heterocycles. The summed E-state index contributed by atoms with van der Waals surface area (Å²) in [5.74, 6) is -0.452. The Balaban J connectivity index is 4.71. The molecule has 0 aromatic heterocycles. The molecule has 0 radical (unpaired) electrons. The van der Waals surface area contributed by atoms with Crippen molar-refractivity contribution < 1.29 is 66.7 Å². The van der Waals surface area contributed by atoms with E-state index in [1.807, 2.05) is 12.2 Å². The van der Waals surface area contributed by atoms with Crippen molar-refractivity contribution in [3.63, 3.8) is 0 Å². The summed E-state index contributed by atoms with van der Waals surface area (Å²) in [6.07, 6.45) is 35.4. The topological polar surface area (TPSA) is 216 Å². The molecule has 5 N–H and O–H groups in total. The molecule has 0 saturated heterocycles. The zero-order chi connectivity index (χ0) is 44.7. The second-order valence-electron chi connectivity index (χ2n) is 15.3. The molecule has 0 amide bonds. The molecule has 16 heteroatoms. The van der Waals surface area contributed by atoms with Crippen molar-refractivity contribution in [2.24, 2.45) is 5.92 Å². The van der Waals surface area contributed by atoms with E-state index < -0.39 is 72.3 Å². The van der Waals surface area contributed by atoms with Crippen LogP contribution in [-0.2, 0) is 41.8 Å². The quantitative estimate of drug-likeness (QED) is 0.0127. The first-order chi connectivity index (χ1) is 28.6. The van der Waals surface area contributed by atoms with Crippen LogP contribution in [0.1, 0.15) is 156 Å². The Morgan fingerprint density at radius 3 is 1.63 bits per heavy atom. The Labute approximate surface area is 360 Å². The largest absolute Gasteiger partial charge is 0.472 e. The molecule has 0 aromatic carbocycles. The van der Waals surface area contributed by atoms with Gasteiger partial charge in [0.15, 0.2) is 6.10 Å². The van der Waals surface area contributed by atoms with Crippen LogP contribution in [0.15, 0.2) is 60.8 Å². The Morgan fingerprint density at radius 2 is 1.07 bits per heavy atom. The summed E-state index contributed by atoms with van der Waals surface area (Å²) in [4.78, 5) is 52.7. The van der Waals surface area contributed by atoms with Crippen molar-refractivity contribution in [1.29, 1.82) is 0 Å². The van der Waals surface area contributed by atoms with Gasteiger partial charge in [-0.1, -0.05) is 159 Å². The smallest absolute Gasteiger partial charge is 0.462 e. The van der Waals surface area contributed by atoms with Crippen LogP contribution >= 0.6 is 15.6 Å². The Hall–Kier alpha value is -2.22. The minimum absolute atomic E-state index is 0.100. The average Bonchev–Trinajstić information content (AvgIpc) is 3.18. The zero-order valence-electron chi connectivity index (χ0n) is 36.6. The van der Waals surface area contributed by atoms with Crippen molar-refractivity contribution in [1.82, 2.24) is 0 Å². The summed E-state index contributed by atoms with van der Waals surface area (Å²) in [5, 5.41) is 20.0. The third-order valence-corrected chi connectivity index (χ3v) is 10.4. The van der Waals surface area contributed by atoms with Crippen LogP contribution in [0.25, 0.3) is 0 Å². The van der Waals surface area contributed by atoms with Gasteiger partial charge in [0.25, 0.3) is 0 Å². The van der Waals surface area contributed by atoms with E-state index in [2.05, 4.69) is 66.3 Å². The van der Waals surface area contributed by atoms with E-state index in [9.17, 15) is 33.8 Å². The Kier molecular flexibility index (Phi) is 37.0. The molecule has 0 aromatic rings. The molecular weight excluding hydrogens is 814 g/mol. The van der Waals surface area contributed by atoms with Crippen LogP contribution in [-0.4, -0.2) is 81.6 Å². The SMILES string of the molecule is CC/C=C\C/C=C\C/C=C\C/C=C\C=C\C(O)CCCC(=O)O[C@H](COC(=O)CCCCCCCCCCCCCCC(C)C)COP(=O)(O)OC[C@@H](O)COP(=O)(O)O. The first-order valence-electron chi connectivity index (χ1n) is 21.9. The molecule has 60 heavy (non-hydrogen) atoms. The molecular formula is C44H78O14P2. The number of aliphatic hydroxyl groups is 2. The van der Waals surface area contributed by atoms with Crippen molar-refractivity contribution in [2.75, 3.05) is 26.4 Å². The highest BCUT2D eigenvalue weighted by Crippen LogP contribution is 2.43. The second kappa shape index (κ2) is 38.5. The minimum atomic E-state index is -4.89. The number of phosphoric ester groups is 2. The monoisotopic (exact) mass is 892 g/mol. The fourth-order valence-corrected chi connectivity index (χ4v) is 6.78. The van der Waals surface area contributed by atoms with Gasteiger partial charge < -0.3 is 34.4 Å². The molecule has 0 saturated carbocycles. The average molecular weight is 893 g/mol. The summed E-state index contributed by atoms with van der Waals surface area (Å²) in [6.45, 7) is 3.73. The first-order valence-corrected chi connectivity index (χ1v) is 25.0. The van der Waals surface area contributed by atoms with Gasteiger partial charge >= 0.3 is 27.6 Å². The molecule has 348 valence electrons. The number of aliphatic hydroxyl groups excluding tert-OH is 2. The second-order valence-corrected chi connectivity index (χ2v) is 18.0. The van der Waals surface area contributed by atoms with E-state index in [4.69, 9.17) is 23.8 Å². The van der Waals surface area contributed by atoms with Gasteiger partial charge in [-0.15, -0.1) is 0 Å². The number of unbranched alkanes of at least 4 members (excludes halogenated alkanes) is 11. The molecule has 0 aliphatic rings. The van der Waals surface area contributed by atoms with Gasteiger partial charge in [0, 0.05) is 12.8 Å². The van der Waals surface area contributed by atoms with E-state index in [0.717, 1.165) is 50.9 Å². The molecule has 2 unspecified atom stereocenters. The lowest BCUT2D eigenvalue weighted by Gasteiger charge is -2.20. The zero-order valence-corrected chi connectivity index (χ0v) is 38.4. The van der Waals surface area contributed by atoms with Crippen LogP contribution in [0.5, 0.6) is 0 Å². The Morgan fingerprint density at radius 1 is 0.567 bits per heavy atom. The maximum Gasteiger partial charge on any atom is 0.472 e.